The summed E-state index contributed by atoms with van der Waals surface area (Å²) in [6.45, 7) is 1.70. The molecule has 0 saturated carbocycles. The average Bonchev–Trinajstić information content (AvgIpc) is 2.69. The van der Waals surface area contributed by atoms with E-state index in [9.17, 15) is 9.83 Å². The summed E-state index contributed by atoms with van der Waals surface area (Å²) in [7, 11) is -3.28. The molecule has 0 radical (unpaired) electrons. The molecule has 5 heteroatoms. The Kier molecular flexibility index (Phi) is 5.30. The van der Waals surface area contributed by atoms with Gasteiger partial charge in [0.25, 0.3) is 0 Å². The molecule has 0 aliphatic heterocycles. The maximum absolute atomic E-state index is 14.2. The standard InChI is InChI=1S/C21H18ClN2OP/c1-21(16-23,19-14-8-9-15-20(19)22)24-26(25,17-10-4-2-5-11-17)18-12-6-3-7-13-18/h2-15H,1H3,(H,24,25). The summed E-state index contributed by atoms with van der Waals surface area (Å²) in [6, 6.07) is 27.7. The largest absolute Gasteiger partial charge is 0.296 e. The Morgan fingerprint density at radius 2 is 1.35 bits per heavy atom. The molecule has 0 aliphatic rings. The molecule has 1 atom stereocenters. The fourth-order valence-corrected chi connectivity index (χ4v) is 5.75. The second kappa shape index (κ2) is 7.48. The molecule has 3 aromatic rings. The molecule has 26 heavy (non-hydrogen) atoms. The zero-order valence-corrected chi connectivity index (χ0v) is 15.9. The van der Waals surface area contributed by atoms with Gasteiger partial charge in [-0.05, 0) is 37.3 Å². The first-order chi connectivity index (χ1) is 12.5. The molecule has 0 aromatic heterocycles. The van der Waals surface area contributed by atoms with E-state index >= 15 is 0 Å². The Morgan fingerprint density at radius 1 is 0.885 bits per heavy atom. The number of hydrogen-bond donors (Lipinski definition) is 1. The van der Waals surface area contributed by atoms with Crippen LogP contribution in [-0.4, -0.2) is 0 Å². The van der Waals surface area contributed by atoms with Crippen molar-refractivity contribution in [2.45, 2.75) is 12.5 Å². The molecule has 0 heterocycles. The van der Waals surface area contributed by atoms with Gasteiger partial charge in [0.2, 0.25) is 7.29 Å². The van der Waals surface area contributed by atoms with Crippen molar-refractivity contribution in [1.29, 1.82) is 5.26 Å². The van der Waals surface area contributed by atoms with Crippen LogP contribution in [0.2, 0.25) is 5.02 Å². The van der Waals surface area contributed by atoms with Gasteiger partial charge >= 0.3 is 0 Å². The summed E-state index contributed by atoms with van der Waals surface area (Å²) < 4.78 is 14.2. The summed E-state index contributed by atoms with van der Waals surface area (Å²) in [6.07, 6.45) is 0. The lowest BCUT2D eigenvalue weighted by Crippen LogP contribution is -2.41. The molecule has 3 rings (SSSR count). The van der Waals surface area contributed by atoms with Gasteiger partial charge < -0.3 is 0 Å². The van der Waals surface area contributed by atoms with Crippen LogP contribution in [0, 0.1) is 11.3 Å². The molecular formula is C21H18ClN2OP. The Morgan fingerprint density at radius 3 is 1.81 bits per heavy atom. The van der Waals surface area contributed by atoms with Gasteiger partial charge in [-0.1, -0.05) is 66.2 Å². The molecule has 3 nitrogen and oxygen atoms in total. The summed E-state index contributed by atoms with van der Waals surface area (Å²) >= 11 is 6.33. The van der Waals surface area contributed by atoms with Gasteiger partial charge in [0.05, 0.1) is 6.07 Å². The molecular weight excluding hydrogens is 363 g/mol. The Labute approximate surface area is 158 Å². The highest BCUT2D eigenvalue weighted by molar-refractivity contribution is 7.77. The first kappa shape index (κ1) is 18.4. The number of nitrogens with zero attached hydrogens (tertiary/aromatic N) is 1. The second-order valence-electron chi connectivity index (χ2n) is 6.11. The fraction of sp³-hybridized carbons (Fsp3) is 0.0952. The van der Waals surface area contributed by atoms with Gasteiger partial charge in [-0.15, -0.1) is 0 Å². The summed E-state index contributed by atoms with van der Waals surface area (Å²) in [5, 5.41) is 14.8. The molecule has 0 amide bonds. The third-order valence-corrected chi connectivity index (χ3v) is 7.40. The van der Waals surface area contributed by atoms with Gasteiger partial charge in [0.15, 0.2) is 0 Å². The highest BCUT2D eigenvalue weighted by atomic mass is 35.5. The zero-order chi connectivity index (χ0) is 18.6. The predicted molar refractivity (Wildman–Crippen MR) is 107 cm³/mol. The lowest BCUT2D eigenvalue weighted by Gasteiger charge is -2.31. The van der Waals surface area contributed by atoms with E-state index < -0.39 is 12.8 Å². The highest BCUT2D eigenvalue weighted by Crippen LogP contribution is 2.44. The van der Waals surface area contributed by atoms with Crippen molar-refractivity contribution >= 4 is 29.5 Å². The van der Waals surface area contributed by atoms with Crippen molar-refractivity contribution in [2.75, 3.05) is 0 Å². The summed E-state index contributed by atoms with van der Waals surface area (Å²) in [5.41, 5.74) is -0.629. The molecule has 1 N–H and O–H groups in total. The van der Waals surface area contributed by atoms with E-state index in [1.807, 2.05) is 66.7 Å². The monoisotopic (exact) mass is 380 g/mol. The van der Waals surface area contributed by atoms with Crippen LogP contribution in [0.3, 0.4) is 0 Å². The molecule has 0 spiro atoms. The molecule has 0 fully saturated rings. The van der Waals surface area contributed by atoms with Crippen molar-refractivity contribution in [3.05, 3.63) is 95.5 Å². The maximum Gasteiger partial charge on any atom is 0.206 e. The maximum atomic E-state index is 14.2. The van der Waals surface area contributed by atoms with Gasteiger partial charge in [-0.3, -0.25) is 4.57 Å². The Bertz CT molecular complexity index is 942. The van der Waals surface area contributed by atoms with E-state index in [1.54, 1.807) is 25.1 Å². The van der Waals surface area contributed by atoms with Crippen LogP contribution in [0.1, 0.15) is 12.5 Å². The van der Waals surface area contributed by atoms with Crippen LogP contribution < -0.4 is 15.7 Å². The zero-order valence-electron chi connectivity index (χ0n) is 14.3. The number of nitrogens with one attached hydrogen (secondary N) is 1. The fourth-order valence-electron chi connectivity index (χ4n) is 2.88. The number of benzene rings is 3. The van der Waals surface area contributed by atoms with Gasteiger partial charge in [-0.2, -0.15) is 5.26 Å². The van der Waals surface area contributed by atoms with Crippen LogP contribution in [0.25, 0.3) is 0 Å². The summed E-state index contributed by atoms with van der Waals surface area (Å²) in [5.74, 6) is 0. The highest BCUT2D eigenvalue weighted by Gasteiger charge is 2.38. The second-order valence-corrected chi connectivity index (χ2v) is 8.99. The molecule has 130 valence electrons. The van der Waals surface area contributed by atoms with Crippen molar-refractivity contribution < 1.29 is 4.57 Å². The molecule has 3 aromatic carbocycles. The smallest absolute Gasteiger partial charge is 0.206 e. The van der Waals surface area contributed by atoms with E-state index in [-0.39, 0.29) is 0 Å². The van der Waals surface area contributed by atoms with Gasteiger partial charge in [0, 0.05) is 21.2 Å². The lowest BCUT2D eigenvalue weighted by atomic mass is 9.95. The third kappa shape index (κ3) is 3.45. The predicted octanol–water partition coefficient (Wildman–Crippen LogP) is 4.60. The van der Waals surface area contributed by atoms with Crippen molar-refractivity contribution in [3.63, 3.8) is 0 Å². The first-order valence-corrected chi connectivity index (χ1v) is 10.2. The minimum atomic E-state index is -3.28. The van der Waals surface area contributed by atoms with Crippen LogP contribution in [0.5, 0.6) is 0 Å². The first-order valence-electron chi connectivity index (χ1n) is 8.16. The van der Waals surface area contributed by atoms with Gasteiger partial charge in [0.1, 0.15) is 5.54 Å². The number of nitriles is 1. The van der Waals surface area contributed by atoms with E-state index in [0.717, 1.165) is 0 Å². The van der Waals surface area contributed by atoms with E-state index in [0.29, 0.717) is 21.2 Å². The van der Waals surface area contributed by atoms with E-state index in [2.05, 4.69) is 11.2 Å². The van der Waals surface area contributed by atoms with E-state index in [1.165, 1.54) is 0 Å². The van der Waals surface area contributed by atoms with Crippen molar-refractivity contribution in [1.82, 2.24) is 5.09 Å². The minimum Gasteiger partial charge on any atom is -0.296 e. The van der Waals surface area contributed by atoms with Crippen LogP contribution in [0.15, 0.2) is 84.9 Å². The molecule has 0 saturated heterocycles. The number of rotatable bonds is 5. The van der Waals surface area contributed by atoms with E-state index in [4.69, 9.17) is 11.6 Å². The lowest BCUT2D eigenvalue weighted by molar-refractivity contribution is 0.532. The quantitative estimate of drug-likeness (QED) is 0.658. The van der Waals surface area contributed by atoms with Crippen LogP contribution in [-0.2, 0) is 10.1 Å². The molecule has 0 aliphatic carbocycles. The van der Waals surface area contributed by atoms with Gasteiger partial charge in [-0.25, -0.2) is 5.09 Å². The van der Waals surface area contributed by atoms with Crippen molar-refractivity contribution in [3.8, 4) is 6.07 Å². The van der Waals surface area contributed by atoms with Crippen LogP contribution in [0.4, 0.5) is 0 Å². The third-order valence-electron chi connectivity index (χ3n) is 4.26. The normalized spacial score (nSPS) is 13.6. The Balaban J connectivity index is 2.17. The molecule has 1 unspecified atom stereocenters. The topological polar surface area (TPSA) is 52.9 Å². The summed E-state index contributed by atoms with van der Waals surface area (Å²) in [4.78, 5) is 0. The number of hydrogen-bond acceptors (Lipinski definition) is 2. The SMILES string of the molecule is CC(C#N)(NP(=O)(c1ccccc1)c1ccccc1)c1ccccc1Cl. The van der Waals surface area contributed by atoms with Crippen LogP contribution >= 0.6 is 18.9 Å². The Hall–Kier alpha value is -2.37. The average molecular weight is 381 g/mol. The molecule has 0 bridgehead atoms. The number of halogens is 1. The minimum absolute atomic E-state index is 0.455. The van der Waals surface area contributed by atoms with Crippen molar-refractivity contribution in [2.24, 2.45) is 0 Å².